The van der Waals surface area contributed by atoms with Gasteiger partial charge in [0.25, 0.3) is 0 Å². The summed E-state index contributed by atoms with van der Waals surface area (Å²) >= 11 is 6.08. The summed E-state index contributed by atoms with van der Waals surface area (Å²) < 4.78 is 23.3. The van der Waals surface area contributed by atoms with Gasteiger partial charge in [0.2, 0.25) is 10.0 Å². The third kappa shape index (κ3) is 2.56. The molecule has 2 aromatic carbocycles. The fourth-order valence-corrected chi connectivity index (χ4v) is 2.84. The molecule has 0 unspecified atom stereocenters. The molecule has 0 aliphatic heterocycles. The maximum absolute atomic E-state index is 11.6. The van der Waals surface area contributed by atoms with E-state index in [0.29, 0.717) is 16.1 Å². The monoisotopic (exact) mass is 281 g/mol. The molecular weight excluding hydrogens is 270 g/mol. The predicted molar refractivity (Wildman–Crippen MR) is 73.0 cm³/mol. The van der Waals surface area contributed by atoms with Gasteiger partial charge in [0, 0.05) is 16.1 Å². The van der Waals surface area contributed by atoms with E-state index in [-0.39, 0.29) is 4.90 Å². The molecule has 0 heterocycles. The second-order valence-electron chi connectivity index (χ2n) is 4.02. The lowest BCUT2D eigenvalue weighted by Crippen LogP contribution is -2.13. The number of nitrogens with two attached hydrogens (primary N) is 1. The first-order chi connectivity index (χ1) is 8.39. The van der Waals surface area contributed by atoms with Crippen LogP contribution in [0.3, 0.4) is 0 Å². The Morgan fingerprint density at radius 2 is 1.72 bits per heavy atom. The van der Waals surface area contributed by atoms with Crippen LogP contribution in [0.2, 0.25) is 5.02 Å². The zero-order valence-electron chi connectivity index (χ0n) is 9.72. The summed E-state index contributed by atoms with van der Waals surface area (Å²) in [6.45, 7) is 1.81. The number of rotatable bonds is 2. The summed E-state index contributed by atoms with van der Waals surface area (Å²) in [5.74, 6) is 0. The molecule has 94 valence electrons. The SMILES string of the molecule is Cc1ccc(-c2ccccc2Cl)c(S(N)(=O)=O)c1. The summed E-state index contributed by atoms with van der Waals surface area (Å²) in [7, 11) is -3.78. The molecule has 18 heavy (non-hydrogen) atoms. The van der Waals surface area contributed by atoms with Crippen LogP contribution in [0.5, 0.6) is 0 Å². The Labute approximate surface area is 111 Å². The zero-order chi connectivity index (χ0) is 13.3. The number of primary sulfonamides is 1. The van der Waals surface area contributed by atoms with Crippen molar-refractivity contribution in [3.8, 4) is 11.1 Å². The van der Waals surface area contributed by atoms with Crippen molar-refractivity contribution in [2.45, 2.75) is 11.8 Å². The largest absolute Gasteiger partial charge is 0.238 e. The normalized spacial score (nSPS) is 11.5. The predicted octanol–water partition coefficient (Wildman–Crippen LogP) is 2.96. The number of sulfonamides is 1. The van der Waals surface area contributed by atoms with E-state index in [1.807, 2.05) is 13.0 Å². The smallest absolute Gasteiger partial charge is 0.225 e. The Kier molecular flexibility index (Phi) is 3.43. The molecule has 0 atom stereocenters. The lowest BCUT2D eigenvalue weighted by atomic mass is 10.0. The van der Waals surface area contributed by atoms with Crippen LogP contribution in [-0.2, 0) is 10.0 Å². The highest BCUT2D eigenvalue weighted by atomic mass is 35.5. The van der Waals surface area contributed by atoms with Gasteiger partial charge in [0.15, 0.2) is 0 Å². The highest BCUT2D eigenvalue weighted by Gasteiger charge is 2.16. The minimum absolute atomic E-state index is 0.0931. The van der Waals surface area contributed by atoms with Crippen LogP contribution in [0.15, 0.2) is 47.4 Å². The molecule has 3 nitrogen and oxygen atoms in total. The molecule has 0 spiro atoms. The standard InChI is InChI=1S/C13H12ClNO2S/c1-9-6-7-11(13(8-9)18(15,16)17)10-4-2-3-5-12(10)14/h2-8H,1H3,(H2,15,16,17). The molecule has 0 aromatic heterocycles. The average molecular weight is 282 g/mol. The summed E-state index contributed by atoms with van der Waals surface area (Å²) in [6.07, 6.45) is 0. The van der Waals surface area contributed by atoms with Crippen molar-refractivity contribution >= 4 is 21.6 Å². The third-order valence-corrected chi connectivity index (χ3v) is 3.89. The summed E-state index contributed by atoms with van der Waals surface area (Å²) in [5.41, 5.74) is 2.01. The quantitative estimate of drug-likeness (QED) is 0.920. The van der Waals surface area contributed by atoms with Gasteiger partial charge in [-0.05, 0) is 24.6 Å². The van der Waals surface area contributed by atoms with Gasteiger partial charge in [-0.3, -0.25) is 0 Å². The van der Waals surface area contributed by atoms with E-state index in [1.165, 1.54) is 0 Å². The first-order valence-corrected chi connectivity index (χ1v) is 7.20. The van der Waals surface area contributed by atoms with Crippen molar-refractivity contribution in [3.05, 3.63) is 53.1 Å². The van der Waals surface area contributed by atoms with Gasteiger partial charge in [-0.25, -0.2) is 13.6 Å². The van der Waals surface area contributed by atoms with Crippen LogP contribution >= 0.6 is 11.6 Å². The number of hydrogen-bond donors (Lipinski definition) is 1. The molecule has 0 saturated heterocycles. The lowest BCUT2D eigenvalue weighted by Gasteiger charge is -2.10. The van der Waals surface area contributed by atoms with Crippen molar-refractivity contribution in [1.29, 1.82) is 0 Å². The van der Waals surface area contributed by atoms with Gasteiger partial charge in [0.1, 0.15) is 0 Å². The van der Waals surface area contributed by atoms with Crippen LogP contribution < -0.4 is 5.14 Å². The number of aryl methyl sites for hydroxylation is 1. The van der Waals surface area contributed by atoms with Gasteiger partial charge < -0.3 is 0 Å². The Morgan fingerprint density at radius 1 is 1.06 bits per heavy atom. The van der Waals surface area contributed by atoms with E-state index < -0.39 is 10.0 Å². The van der Waals surface area contributed by atoms with E-state index in [2.05, 4.69) is 0 Å². The van der Waals surface area contributed by atoms with Crippen LogP contribution in [0.1, 0.15) is 5.56 Å². The molecule has 0 aliphatic rings. The molecule has 0 radical (unpaired) electrons. The maximum Gasteiger partial charge on any atom is 0.238 e. The fraction of sp³-hybridized carbons (Fsp3) is 0.0769. The van der Waals surface area contributed by atoms with Crippen LogP contribution in [0.4, 0.5) is 0 Å². The molecule has 2 N–H and O–H groups in total. The van der Waals surface area contributed by atoms with Crippen LogP contribution in [-0.4, -0.2) is 8.42 Å². The first kappa shape index (κ1) is 13.1. The van der Waals surface area contributed by atoms with E-state index in [4.69, 9.17) is 16.7 Å². The molecule has 5 heteroatoms. The molecule has 2 rings (SSSR count). The molecule has 0 amide bonds. The zero-order valence-corrected chi connectivity index (χ0v) is 11.3. The van der Waals surface area contributed by atoms with Crippen molar-refractivity contribution in [2.24, 2.45) is 5.14 Å². The second-order valence-corrected chi connectivity index (χ2v) is 5.96. The molecule has 0 saturated carbocycles. The van der Waals surface area contributed by atoms with Crippen molar-refractivity contribution in [1.82, 2.24) is 0 Å². The Hall–Kier alpha value is -1.36. The van der Waals surface area contributed by atoms with Crippen molar-refractivity contribution in [2.75, 3.05) is 0 Å². The molecule has 0 bridgehead atoms. The van der Waals surface area contributed by atoms with E-state index in [0.717, 1.165) is 5.56 Å². The topological polar surface area (TPSA) is 60.2 Å². The van der Waals surface area contributed by atoms with Crippen LogP contribution in [0, 0.1) is 6.92 Å². The summed E-state index contributed by atoms with van der Waals surface area (Å²) in [6, 6.07) is 12.2. The number of halogens is 1. The summed E-state index contributed by atoms with van der Waals surface area (Å²) in [5, 5.41) is 5.73. The highest BCUT2D eigenvalue weighted by molar-refractivity contribution is 7.89. The average Bonchev–Trinajstić information content (AvgIpc) is 2.29. The Morgan fingerprint density at radius 3 is 2.33 bits per heavy atom. The van der Waals surface area contributed by atoms with Crippen molar-refractivity contribution in [3.63, 3.8) is 0 Å². The van der Waals surface area contributed by atoms with Gasteiger partial charge in [-0.1, -0.05) is 41.9 Å². The van der Waals surface area contributed by atoms with Crippen molar-refractivity contribution < 1.29 is 8.42 Å². The Balaban J connectivity index is 2.77. The lowest BCUT2D eigenvalue weighted by molar-refractivity contribution is 0.598. The molecular formula is C13H12ClNO2S. The maximum atomic E-state index is 11.6. The van der Waals surface area contributed by atoms with Gasteiger partial charge in [-0.2, -0.15) is 0 Å². The summed E-state index contributed by atoms with van der Waals surface area (Å²) in [4.78, 5) is 0.0931. The number of benzene rings is 2. The van der Waals surface area contributed by atoms with E-state index in [1.54, 1.807) is 36.4 Å². The minimum atomic E-state index is -3.78. The molecule has 2 aromatic rings. The van der Waals surface area contributed by atoms with Gasteiger partial charge >= 0.3 is 0 Å². The molecule has 0 fully saturated rings. The van der Waals surface area contributed by atoms with Crippen LogP contribution in [0.25, 0.3) is 11.1 Å². The van der Waals surface area contributed by atoms with E-state index in [9.17, 15) is 8.42 Å². The molecule has 0 aliphatic carbocycles. The number of hydrogen-bond acceptors (Lipinski definition) is 2. The second kappa shape index (κ2) is 4.72. The van der Waals surface area contributed by atoms with Gasteiger partial charge in [0.05, 0.1) is 4.90 Å². The minimum Gasteiger partial charge on any atom is -0.225 e. The fourth-order valence-electron chi connectivity index (χ4n) is 1.77. The van der Waals surface area contributed by atoms with Gasteiger partial charge in [-0.15, -0.1) is 0 Å². The highest BCUT2D eigenvalue weighted by Crippen LogP contribution is 2.32. The third-order valence-electron chi connectivity index (χ3n) is 2.61. The first-order valence-electron chi connectivity index (χ1n) is 5.28. The van der Waals surface area contributed by atoms with E-state index >= 15 is 0 Å². The Bertz CT molecular complexity index is 696.